The summed E-state index contributed by atoms with van der Waals surface area (Å²) in [5.74, 6) is 0. The number of nitriles is 1. The lowest BCUT2D eigenvalue weighted by Crippen LogP contribution is -2.01. The molecule has 9 aromatic carbocycles. The van der Waals surface area contributed by atoms with Gasteiger partial charge in [0.25, 0.3) is 0 Å². The molecule has 0 aliphatic rings. The molecule has 0 N–H and O–H groups in total. The van der Waals surface area contributed by atoms with Gasteiger partial charge < -0.3 is 9.13 Å². The predicted octanol–water partition coefficient (Wildman–Crippen LogP) is 17.9. The van der Waals surface area contributed by atoms with Crippen LogP contribution in [0.25, 0.3) is 111 Å². The normalized spacial score (nSPS) is 11.6. The topological polar surface area (TPSA) is 46.5 Å². The minimum atomic E-state index is 0.575. The van der Waals surface area contributed by atoms with Crippen molar-refractivity contribution in [1.82, 2.24) is 14.1 Å². The molecule has 0 amide bonds. The van der Waals surface area contributed by atoms with Gasteiger partial charge in [0.2, 0.25) is 0 Å². The molecule has 4 heteroatoms. The third kappa shape index (κ3) is 7.85. The van der Waals surface area contributed by atoms with E-state index in [0.29, 0.717) is 5.56 Å². The highest BCUT2D eigenvalue weighted by molar-refractivity contribution is 6.13. The standard InChI is InChI=1S/C68H54N4/c1-40-21-41(2)26-53(25-40)49-10-15-64-58(34-49)59-35-50(54-27-42(3)22-43(4)28-54)11-16-65(59)71(64)57-19-20-70-63(38-57)62-33-48(39-69)9-14-68(62)72-66-17-12-51(55-29-44(5)23-45(6)30-55)36-60(66)61-37-52(13-18-67(61)72)56-31-46(7)24-47(8)32-56/h9-38H,1-8H3. The van der Waals surface area contributed by atoms with Crippen LogP contribution in [-0.2, 0) is 0 Å². The zero-order valence-corrected chi connectivity index (χ0v) is 42.1. The van der Waals surface area contributed by atoms with Crippen molar-refractivity contribution in [1.29, 1.82) is 5.26 Å². The lowest BCUT2D eigenvalue weighted by Gasteiger charge is -2.16. The average molecular weight is 927 g/mol. The molecule has 0 radical (unpaired) electrons. The quantitative estimate of drug-likeness (QED) is 0.160. The Kier molecular flexibility index (Phi) is 10.7. The second-order valence-corrected chi connectivity index (χ2v) is 20.3. The highest BCUT2D eigenvalue weighted by Gasteiger charge is 2.21. The maximum Gasteiger partial charge on any atom is 0.0991 e. The van der Waals surface area contributed by atoms with E-state index < -0.39 is 0 Å². The van der Waals surface area contributed by atoms with E-state index in [9.17, 15) is 5.26 Å². The van der Waals surface area contributed by atoms with Crippen molar-refractivity contribution in [2.45, 2.75) is 55.4 Å². The second kappa shape index (κ2) is 17.3. The van der Waals surface area contributed by atoms with Crippen molar-refractivity contribution in [3.05, 3.63) is 232 Å². The van der Waals surface area contributed by atoms with E-state index in [1.807, 2.05) is 18.3 Å². The largest absolute Gasteiger partial charge is 0.309 e. The van der Waals surface area contributed by atoms with E-state index in [-0.39, 0.29) is 0 Å². The van der Waals surface area contributed by atoms with Crippen molar-refractivity contribution in [2.75, 3.05) is 0 Å². The van der Waals surface area contributed by atoms with Crippen molar-refractivity contribution < 1.29 is 0 Å². The first-order valence-corrected chi connectivity index (χ1v) is 24.9. The molecular formula is C68H54N4. The number of rotatable bonds is 7. The van der Waals surface area contributed by atoms with Crippen LogP contribution in [0.4, 0.5) is 0 Å². The molecule has 0 unspecified atom stereocenters. The Balaban J connectivity index is 1.07. The molecule has 12 rings (SSSR count). The van der Waals surface area contributed by atoms with Gasteiger partial charge in [-0.2, -0.15) is 5.26 Å². The summed E-state index contributed by atoms with van der Waals surface area (Å²) in [4.78, 5) is 5.13. The fourth-order valence-electron chi connectivity index (χ4n) is 11.6. The van der Waals surface area contributed by atoms with Gasteiger partial charge in [0.1, 0.15) is 0 Å². The summed E-state index contributed by atoms with van der Waals surface area (Å²) in [7, 11) is 0. The van der Waals surface area contributed by atoms with Gasteiger partial charge in [0.05, 0.1) is 45.1 Å². The van der Waals surface area contributed by atoms with Crippen molar-refractivity contribution in [2.24, 2.45) is 0 Å². The number of aromatic nitrogens is 3. The second-order valence-electron chi connectivity index (χ2n) is 20.3. The van der Waals surface area contributed by atoms with Crippen LogP contribution < -0.4 is 0 Å². The van der Waals surface area contributed by atoms with Gasteiger partial charge in [-0.25, -0.2) is 0 Å². The van der Waals surface area contributed by atoms with Gasteiger partial charge in [0.15, 0.2) is 0 Å². The van der Waals surface area contributed by atoms with E-state index in [1.54, 1.807) is 0 Å². The van der Waals surface area contributed by atoms with Gasteiger partial charge in [-0.3, -0.25) is 4.98 Å². The Hall–Kier alpha value is -8.78. The number of aryl methyl sites for hydroxylation is 8. The molecule has 72 heavy (non-hydrogen) atoms. The smallest absolute Gasteiger partial charge is 0.0991 e. The van der Waals surface area contributed by atoms with Crippen molar-refractivity contribution >= 4 is 43.6 Å². The third-order valence-electron chi connectivity index (χ3n) is 14.4. The predicted molar refractivity (Wildman–Crippen MR) is 303 cm³/mol. The number of hydrogen-bond donors (Lipinski definition) is 0. The number of nitrogens with zero attached hydrogens (tertiary/aromatic N) is 4. The van der Waals surface area contributed by atoms with Crippen LogP contribution in [0.1, 0.15) is 50.1 Å². The molecule has 0 bridgehead atoms. The zero-order valence-electron chi connectivity index (χ0n) is 42.1. The van der Waals surface area contributed by atoms with E-state index >= 15 is 0 Å². The highest BCUT2D eigenvalue weighted by atomic mass is 15.0. The summed E-state index contributed by atoms with van der Waals surface area (Å²) < 4.78 is 4.75. The van der Waals surface area contributed by atoms with Crippen LogP contribution in [0.2, 0.25) is 0 Å². The molecule has 0 saturated heterocycles. The van der Waals surface area contributed by atoms with Gasteiger partial charge in [-0.05, 0) is 179 Å². The molecule has 12 aromatic rings. The number of fused-ring (bicyclic) bond motifs is 6. The van der Waals surface area contributed by atoms with Crippen molar-refractivity contribution in [3.8, 4) is 73.2 Å². The third-order valence-corrected chi connectivity index (χ3v) is 14.4. The summed E-state index contributed by atoms with van der Waals surface area (Å²) in [5.41, 5.74) is 28.1. The first kappa shape index (κ1) is 44.4. The Morgan fingerprint density at radius 3 is 1.03 bits per heavy atom. The summed E-state index contributed by atoms with van der Waals surface area (Å²) in [6, 6.07) is 67.5. The van der Waals surface area contributed by atoms with E-state index in [4.69, 9.17) is 4.98 Å². The minimum absolute atomic E-state index is 0.575. The van der Waals surface area contributed by atoms with E-state index in [2.05, 4.69) is 234 Å². The molecule has 0 saturated carbocycles. The number of pyridine rings is 1. The molecule has 0 spiro atoms. The first-order valence-electron chi connectivity index (χ1n) is 24.9. The highest BCUT2D eigenvalue weighted by Crippen LogP contribution is 2.42. The Morgan fingerprint density at radius 2 is 0.681 bits per heavy atom. The fraction of sp³-hybridized carbons (Fsp3) is 0.118. The Bertz CT molecular complexity index is 3970. The Morgan fingerprint density at radius 1 is 0.333 bits per heavy atom. The summed E-state index contributed by atoms with van der Waals surface area (Å²) in [6.45, 7) is 17.3. The van der Waals surface area contributed by atoms with Gasteiger partial charge in [-0.15, -0.1) is 0 Å². The lowest BCUT2D eigenvalue weighted by molar-refractivity contribution is 1.14. The van der Waals surface area contributed by atoms with E-state index in [1.165, 1.54) is 99.8 Å². The number of benzene rings is 9. The summed E-state index contributed by atoms with van der Waals surface area (Å²) >= 11 is 0. The molecule has 0 atom stereocenters. The van der Waals surface area contributed by atoms with Gasteiger partial charge in [0, 0.05) is 39.0 Å². The van der Waals surface area contributed by atoms with Crippen LogP contribution in [-0.4, -0.2) is 14.1 Å². The van der Waals surface area contributed by atoms with Crippen LogP contribution in [0.3, 0.4) is 0 Å². The van der Waals surface area contributed by atoms with E-state index in [0.717, 1.165) is 55.5 Å². The maximum atomic E-state index is 10.5. The molecule has 0 aliphatic heterocycles. The monoisotopic (exact) mass is 926 g/mol. The van der Waals surface area contributed by atoms with Crippen LogP contribution >= 0.6 is 0 Å². The molecular weight excluding hydrogens is 873 g/mol. The summed E-state index contributed by atoms with van der Waals surface area (Å²) in [5, 5.41) is 15.2. The zero-order chi connectivity index (χ0) is 49.5. The van der Waals surface area contributed by atoms with Crippen LogP contribution in [0, 0.1) is 66.7 Å². The fourth-order valence-corrected chi connectivity index (χ4v) is 11.6. The molecule has 0 aliphatic carbocycles. The Labute approximate surface area is 421 Å². The minimum Gasteiger partial charge on any atom is -0.309 e. The molecule has 3 aromatic heterocycles. The van der Waals surface area contributed by atoms with Crippen LogP contribution in [0.15, 0.2) is 182 Å². The van der Waals surface area contributed by atoms with Gasteiger partial charge in [-0.1, -0.05) is 142 Å². The molecule has 0 fully saturated rings. The van der Waals surface area contributed by atoms with Crippen LogP contribution in [0.5, 0.6) is 0 Å². The summed E-state index contributed by atoms with van der Waals surface area (Å²) in [6.07, 6.45) is 1.91. The number of hydrogen-bond acceptors (Lipinski definition) is 2. The average Bonchev–Trinajstić information content (AvgIpc) is 3.86. The molecule has 4 nitrogen and oxygen atoms in total. The van der Waals surface area contributed by atoms with Gasteiger partial charge >= 0.3 is 0 Å². The SMILES string of the molecule is Cc1cc(C)cc(-c2ccc3c(c2)c2cc(-c4cc(C)cc(C)c4)ccc2n3-c2ccnc(-c3cc(C#N)ccc3-n3c4ccc(-c5cc(C)cc(C)c5)cc4c4cc(-c5cc(C)cc(C)c5)ccc43)c2)c1. The lowest BCUT2D eigenvalue weighted by atomic mass is 9.97. The maximum absolute atomic E-state index is 10.5. The molecule has 346 valence electrons. The first-order chi connectivity index (χ1) is 34.8. The van der Waals surface area contributed by atoms with Crippen molar-refractivity contribution in [3.63, 3.8) is 0 Å². The molecule has 3 heterocycles.